The summed E-state index contributed by atoms with van der Waals surface area (Å²) < 4.78 is 67.5. The third-order valence-corrected chi connectivity index (χ3v) is 12.7. The van der Waals surface area contributed by atoms with Gasteiger partial charge in [-0.25, -0.2) is 8.42 Å². The molecule has 0 radical (unpaired) electrons. The second kappa shape index (κ2) is 14.8. The van der Waals surface area contributed by atoms with Crippen LogP contribution in [0.15, 0.2) is 132 Å². The van der Waals surface area contributed by atoms with Gasteiger partial charge in [-0.05, 0) is 60.5 Å². The number of likely N-dealkylation sites (N-methyl/N-ethyl adjacent to an activating group) is 1. The first-order chi connectivity index (χ1) is 25.6. The molecule has 0 saturated carbocycles. The molecule has 53 heavy (non-hydrogen) atoms. The molecule has 0 bridgehead atoms. The number of ether oxygens (including phenoxy) is 1. The largest absolute Gasteiger partial charge is 0.495 e. The lowest BCUT2D eigenvalue weighted by Crippen LogP contribution is -2.56. The van der Waals surface area contributed by atoms with E-state index in [0.717, 1.165) is 15.7 Å². The molecular weight excluding hydrogens is 715 g/mol. The van der Waals surface area contributed by atoms with Gasteiger partial charge < -0.3 is 18.7 Å². The molecule has 0 N–H and O–H groups in total. The van der Waals surface area contributed by atoms with Crippen LogP contribution in [0.25, 0.3) is 21.5 Å². The minimum Gasteiger partial charge on any atom is -0.495 e. The molecule has 7 rings (SSSR count). The van der Waals surface area contributed by atoms with E-state index in [0.29, 0.717) is 53.3 Å². The molecule has 1 amide bonds. The fraction of sp³-hybridized carbons (Fsp3) is 0.205. The van der Waals surface area contributed by atoms with E-state index in [1.807, 2.05) is 24.3 Å². The van der Waals surface area contributed by atoms with Crippen LogP contribution in [0.5, 0.6) is 11.5 Å². The van der Waals surface area contributed by atoms with Crippen molar-refractivity contribution in [3.8, 4) is 11.5 Å². The molecule has 12 nitrogen and oxygen atoms in total. The smallest absolute Gasteiger partial charge is 0.339 e. The van der Waals surface area contributed by atoms with Crippen molar-refractivity contribution in [3.05, 3.63) is 127 Å². The minimum absolute atomic E-state index is 0.00833. The molecule has 6 aromatic rings. The van der Waals surface area contributed by atoms with Crippen molar-refractivity contribution in [2.24, 2.45) is 0 Å². The van der Waals surface area contributed by atoms with Crippen LogP contribution in [0.3, 0.4) is 0 Å². The molecule has 0 unspecified atom stereocenters. The van der Waals surface area contributed by atoms with Gasteiger partial charge in [-0.2, -0.15) is 12.7 Å². The predicted octanol–water partition coefficient (Wildman–Crippen LogP) is 5.14. The number of carbonyl (C=O) groups is 1. The lowest BCUT2D eigenvalue weighted by Gasteiger charge is -2.39. The monoisotopic (exact) mass is 751 g/mol. The molecular formula is C39H37N5O7S2. The Morgan fingerprint density at radius 1 is 0.755 bits per heavy atom. The standard InChI is InChI=1S/C39H37N5O7S2/c1-42(52(46,47)37-11-5-7-29-26-40-19-17-32(29)37)35(39(45)44-23-21-43(22-24-44)34-9-3-4-10-36(34)50-2)25-28-13-15-31(16-14-28)51-53(48,49)38-12-6-8-30-27-41-20-18-33(30)38/h3-20,26-27,35H,21-25H2,1-2H3/t35-/m0/s1. The van der Waals surface area contributed by atoms with Gasteiger partial charge in [0, 0.05) is 79.6 Å². The second-order valence-corrected chi connectivity index (χ2v) is 16.1. The number of methoxy groups -OCH3 is 1. The number of pyridine rings is 2. The summed E-state index contributed by atoms with van der Waals surface area (Å²) >= 11 is 0. The summed E-state index contributed by atoms with van der Waals surface area (Å²) in [7, 11) is -5.36. The highest BCUT2D eigenvalue weighted by atomic mass is 32.2. The third-order valence-electron chi connectivity index (χ3n) is 9.51. The zero-order valence-corrected chi connectivity index (χ0v) is 30.7. The summed E-state index contributed by atoms with van der Waals surface area (Å²) in [6.45, 7) is 1.80. The van der Waals surface area contributed by atoms with Gasteiger partial charge in [0.05, 0.1) is 17.7 Å². The number of amides is 1. The van der Waals surface area contributed by atoms with E-state index >= 15 is 0 Å². The van der Waals surface area contributed by atoms with Crippen molar-refractivity contribution in [2.45, 2.75) is 22.3 Å². The summed E-state index contributed by atoms with van der Waals surface area (Å²) in [6, 6.07) is 25.9. The van der Waals surface area contributed by atoms with Crippen LogP contribution < -0.4 is 13.8 Å². The van der Waals surface area contributed by atoms with Gasteiger partial charge in [-0.3, -0.25) is 14.8 Å². The first-order valence-corrected chi connectivity index (χ1v) is 19.8. The van der Waals surface area contributed by atoms with Gasteiger partial charge in [-0.15, -0.1) is 0 Å². The Morgan fingerprint density at radius 3 is 2.00 bits per heavy atom. The molecule has 0 spiro atoms. The average Bonchev–Trinajstić information content (AvgIpc) is 3.19. The predicted molar refractivity (Wildman–Crippen MR) is 202 cm³/mol. The molecule has 1 saturated heterocycles. The number of nitrogens with zero attached hydrogens (tertiary/aromatic N) is 5. The fourth-order valence-corrected chi connectivity index (χ4v) is 9.35. The Labute approximate surface area is 308 Å². The number of aromatic nitrogens is 2. The van der Waals surface area contributed by atoms with E-state index < -0.39 is 26.2 Å². The summed E-state index contributed by atoms with van der Waals surface area (Å²) in [4.78, 5) is 26.5. The van der Waals surface area contributed by atoms with Gasteiger partial charge in [0.2, 0.25) is 15.9 Å². The Bertz CT molecular complexity index is 2500. The van der Waals surface area contributed by atoms with E-state index in [4.69, 9.17) is 8.92 Å². The highest BCUT2D eigenvalue weighted by Gasteiger charge is 2.37. The fourth-order valence-electron chi connectivity index (χ4n) is 6.67. The van der Waals surface area contributed by atoms with Crippen molar-refractivity contribution < 1.29 is 30.6 Å². The molecule has 2 aromatic heterocycles. The minimum atomic E-state index is -4.21. The molecule has 1 aliphatic heterocycles. The van der Waals surface area contributed by atoms with Crippen LogP contribution in [-0.2, 0) is 31.4 Å². The van der Waals surface area contributed by atoms with Gasteiger partial charge in [0.15, 0.2) is 0 Å². The maximum atomic E-state index is 14.4. The Kier molecular flexibility index (Phi) is 10.0. The van der Waals surface area contributed by atoms with E-state index in [-0.39, 0.29) is 27.9 Å². The molecule has 1 aliphatic rings. The van der Waals surface area contributed by atoms with Gasteiger partial charge in [0.1, 0.15) is 22.4 Å². The molecule has 272 valence electrons. The molecule has 1 fully saturated rings. The number of piperazine rings is 1. The van der Waals surface area contributed by atoms with Gasteiger partial charge in [-0.1, -0.05) is 48.5 Å². The summed E-state index contributed by atoms with van der Waals surface area (Å²) in [5.41, 5.74) is 1.53. The first kappa shape index (κ1) is 35.8. The number of anilines is 1. The highest BCUT2D eigenvalue weighted by Crippen LogP contribution is 2.31. The van der Waals surface area contributed by atoms with Crippen LogP contribution in [0.2, 0.25) is 0 Å². The molecule has 0 aliphatic carbocycles. The number of hydrogen-bond donors (Lipinski definition) is 0. The lowest BCUT2D eigenvalue weighted by atomic mass is 10.0. The molecule has 4 aromatic carbocycles. The van der Waals surface area contributed by atoms with Crippen molar-refractivity contribution >= 4 is 53.3 Å². The number of rotatable bonds is 11. The van der Waals surface area contributed by atoms with Crippen LogP contribution in [0, 0.1) is 0 Å². The van der Waals surface area contributed by atoms with Crippen molar-refractivity contribution in [2.75, 3.05) is 45.2 Å². The maximum absolute atomic E-state index is 14.4. The van der Waals surface area contributed by atoms with Crippen LogP contribution in [0.1, 0.15) is 5.56 Å². The first-order valence-electron chi connectivity index (χ1n) is 16.9. The topological polar surface area (TPSA) is 139 Å². The van der Waals surface area contributed by atoms with Gasteiger partial charge in [0.25, 0.3) is 0 Å². The van der Waals surface area contributed by atoms with Crippen molar-refractivity contribution in [1.82, 2.24) is 19.2 Å². The number of hydrogen-bond acceptors (Lipinski definition) is 10. The lowest BCUT2D eigenvalue weighted by molar-refractivity contribution is -0.135. The second-order valence-electron chi connectivity index (χ2n) is 12.6. The van der Waals surface area contributed by atoms with E-state index in [2.05, 4.69) is 14.9 Å². The SMILES string of the molecule is COc1ccccc1N1CCN(C(=O)[C@H](Cc2ccc(OS(=O)(=O)c3cccc4cnccc34)cc2)N(C)S(=O)(=O)c2cccc3cnccc23)CC1. The average molecular weight is 752 g/mol. The Hall–Kier alpha value is -5.57. The number of para-hydroxylation sites is 2. The molecule has 14 heteroatoms. The van der Waals surface area contributed by atoms with Crippen molar-refractivity contribution in [3.63, 3.8) is 0 Å². The zero-order valence-electron chi connectivity index (χ0n) is 29.1. The highest BCUT2D eigenvalue weighted by molar-refractivity contribution is 7.89. The zero-order chi connectivity index (χ0) is 37.2. The number of fused-ring (bicyclic) bond motifs is 2. The summed E-state index contributed by atoms with van der Waals surface area (Å²) in [6.07, 6.45) is 6.25. The maximum Gasteiger partial charge on any atom is 0.339 e. The molecule has 3 heterocycles. The Morgan fingerprint density at radius 2 is 1.36 bits per heavy atom. The normalized spacial score (nSPS) is 14.4. The summed E-state index contributed by atoms with van der Waals surface area (Å²) in [5.74, 6) is 0.461. The Balaban J connectivity index is 1.16. The summed E-state index contributed by atoms with van der Waals surface area (Å²) in [5, 5.41) is 2.29. The molecule has 1 atom stereocenters. The van der Waals surface area contributed by atoms with Gasteiger partial charge >= 0.3 is 10.1 Å². The van der Waals surface area contributed by atoms with E-state index in [1.165, 1.54) is 43.7 Å². The third kappa shape index (κ3) is 7.25. The van der Waals surface area contributed by atoms with Crippen molar-refractivity contribution in [1.29, 1.82) is 0 Å². The van der Waals surface area contributed by atoms with E-state index in [1.54, 1.807) is 72.9 Å². The number of benzene rings is 4. The number of carbonyl (C=O) groups excluding carboxylic acids is 1. The van der Waals surface area contributed by atoms with E-state index in [9.17, 15) is 21.6 Å². The van der Waals surface area contributed by atoms with Crippen LogP contribution in [-0.4, -0.2) is 88.3 Å². The van der Waals surface area contributed by atoms with Crippen LogP contribution >= 0.6 is 0 Å². The number of sulfonamides is 1. The quantitative estimate of drug-likeness (QED) is 0.164. The van der Waals surface area contributed by atoms with Crippen LogP contribution in [0.4, 0.5) is 5.69 Å².